The number of pyridine rings is 1. The lowest BCUT2D eigenvalue weighted by Crippen LogP contribution is -2.27. The Bertz CT molecular complexity index is 481. The second-order valence-electron chi connectivity index (χ2n) is 5.18. The largest absolute Gasteiger partial charge is 0.496 e. The van der Waals surface area contributed by atoms with Crippen molar-refractivity contribution < 1.29 is 14.3 Å². The highest BCUT2D eigenvalue weighted by molar-refractivity contribution is 5.86. The van der Waals surface area contributed by atoms with Gasteiger partial charge in [-0.15, -0.1) is 0 Å². The normalized spacial score (nSPS) is 16.2. The molecule has 1 aromatic heterocycles. The summed E-state index contributed by atoms with van der Waals surface area (Å²) in [5.74, 6) is 1.34. The van der Waals surface area contributed by atoms with Crippen molar-refractivity contribution >= 4 is 5.78 Å². The van der Waals surface area contributed by atoms with Gasteiger partial charge in [0.25, 0.3) is 0 Å². The van der Waals surface area contributed by atoms with Gasteiger partial charge < -0.3 is 9.47 Å². The number of aromatic nitrogens is 1. The summed E-state index contributed by atoms with van der Waals surface area (Å²) in [5, 5.41) is 0. The van der Waals surface area contributed by atoms with E-state index in [0.717, 1.165) is 35.4 Å². The predicted molar refractivity (Wildman–Crippen MR) is 72.5 cm³/mol. The average molecular weight is 263 g/mol. The minimum absolute atomic E-state index is 0.117. The zero-order valence-corrected chi connectivity index (χ0v) is 12.0. The first-order chi connectivity index (χ1) is 9.08. The van der Waals surface area contributed by atoms with E-state index in [1.807, 2.05) is 13.8 Å². The maximum Gasteiger partial charge on any atom is 0.167 e. The quantitative estimate of drug-likeness (QED) is 0.789. The van der Waals surface area contributed by atoms with Gasteiger partial charge in [0.05, 0.1) is 19.2 Å². The molecule has 0 aromatic carbocycles. The van der Waals surface area contributed by atoms with Crippen LogP contribution in [0.3, 0.4) is 0 Å². The molecule has 4 nitrogen and oxygen atoms in total. The van der Waals surface area contributed by atoms with Crippen LogP contribution in [0.4, 0.5) is 0 Å². The Hall–Kier alpha value is -1.42. The van der Waals surface area contributed by atoms with E-state index in [-0.39, 0.29) is 11.9 Å². The lowest BCUT2D eigenvalue weighted by atomic mass is 10.0. The minimum atomic E-state index is -0.270. The van der Waals surface area contributed by atoms with Gasteiger partial charge in [-0.3, -0.25) is 9.78 Å². The second kappa shape index (κ2) is 5.70. The smallest absolute Gasteiger partial charge is 0.167 e. The average Bonchev–Trinajstić information content (AvgIpc) is 3.19. The van der Waals surface area contributed by atoms with Crippen molar-refractivity contribution in [2.45, 2.75) is 39.2 Å². The number of ketones is 1. The number of ether oxygens (including phenoxy) is 2. The van der Waals surface area contributed by atoms with Gasteiger partial charge in [0.15, 0.2) is 5.78 Å². The summed E-state index contributed by atoms with van der Waals surface area (Å²) < 4.78 is 10.7. The molecule has 1 saturated carbocycles. The number of carbonyl (C=O) groups excluding carboxylic acids is 1. The SMILES string of the molecule is COc1c(C)cnc(CC(=O)C(OC)C2CC2)c1C. The van der Waals surface area contributed by atoms with Crippen LogP contribution in [0.1, 0.15) is 29.7 Å². The summed E-state index contributed by atoms with van der Waals surface area (Å²) in [6, 6.07) is 0. The third kappa shape index (κ3) is 2.95. The molecule has 1 atom stereocenters. The zero-order chi connectivity index (χ0) is 14.0. The number of hydrogen-bond donors (Lipinski definition) is 0. The van der Waals surface area contributed by atoms with Gasteiger partial charge in [-0.1, -0.05) is 0 Å². The van der Waals surface area contributed by atoms with Crippen molar-refractivity contribution in [3.8, 4) is 5.75 Å². The molecule has 0 N–H and O–H groups in total. The lowest BCUT2D eigenvalue weighted by molar-refractivity contribution is -0.129. The number of methoxy groups -OCH3 is 2. The van der Waals surface area contributed by atoms with Crippen LogP contribution in [0.2, 0.25) is 0 Å². The molecule has 0 spiro atoms. The molecular formula is C15H21NO3. The van der Waals surface area contributed by atoms with Crippen molar-refractivity contribution in [3.63, 3.8) is 0 Å². The molecule has 104 valence electrons. The van der Waals surface area contributed by atoms with Crippen LogP contribution in [0, 0.1) is 19.8 Å². The molecule has 4 heteroatoms. The van der Waals surface area contributed by atoms with E-state index in [1.165, 1.54) is 0 Å². The molecule has 0 saturated heterocycles. The fraction of sp³-hybridized carbons (Fsp3) is 0.600. The van der Waals surface area contributed by atoms with E-state index in [1.54, 1.807) is 20.4 Å². The molecular weight excluding hydrogens is 242 g/mol. The van der Waals surface area contributed by atoms with Gasteiger partial charge in [-0.25, -0.2) is 0 Å². The van der Waals surface area contributed by atoms with Crippen molar-refractivity contribution in [1.82, 2.24) is 4.98 Å². The number of hydrogen-bond acceptors (Lipinski definition) is 4. The Labute approximate surface area is 114 Å². The van der Waals surface area contributed by atoms with Crippen molar-refractivity contribution in [3.05, 3.63) is 23.0 Å². The van der Waals surface area contributed by atoms with Gasteiger partial charge in [0, 0.05) is 24.4 Å². The number of carbonyl (C=O) groups is 1. The van der Waals surface area contributed by atoms with Gasteiger partial charge in [-0.2, -0.15) is 0 Å². The van der Waals surface area contributed by atoms with Crippen LogP contribution in [0.5, 0.6) is 5.75 Å². The van der Waals surface area contributed by atoms with Crippen LogP contribution in [-0.2, 0) is 16.0 Å². The van der Waals surface area contributed by atoms with E-state index >= 15 is 0 Å². The molecule has 2 rings (SSSR count). The van der Waals surface area contributed by atoms with E-state index in [0.29, 0.717) is 12.3 Å². The molecule has 0 aliphatic heterocycles. The Balaban J connectivity index is 2.16. The lowest BCUT2D eigenvalue weighted by Gasteiger charge is -2.15. The molecule has 1 unspecified atom stereocenters. The molecule has 0 bridgehead atoms. The van der Waals surface area contributed by atoms with Crippen molar-refractivity contribution in [2.75, 3.05) is 14.2 Å². The van der Waals surface area contributed by atoms with Gasteiger partial charge in [0.1, 0.15) is 11.9 Å². The summed E-state index contributed by atoms with van der Waals surface area (Å²) in [6.45, 7) is 3.90. The maximum absolute atomic E-state index is 12.3. The van der Waals surface area contributed by atoms with E-state index in [4.69, 9.17) is 9.47 Å². The molecule has 0 radical (unpaired) electrons. The molecule has 1 heterocycles. The first-order valence-electron chi connectivity index (χ1n) is 6.63. The fourth-order valence-corrected chi connectivity index (χ4v) is 2.50. The zero-order valence-electron chi connectivity index (χ0n) is 12.0. The molecule has 1 aliphatic carbocycles. The third-order valence-corrected chi connectivity index (χ3v) is 3.71. The molecule has 1 fully saturated rings. The molecule has 1 aliphatic rings. The predicted octanol–water partition coefficient (Wildman–Crippen LogP) is 2.24. The fourth-order valence-electron chi connectivity index (χ4n) is 2.50. The van der Waals surface area contributed by atoms with Gasteiger partial charge >= 0.3 is 0 Å². The van der Waals surface area contributed by atoms with Crippen molar-refractivity contribution in [1.29, 1.82) is 0 Å². The molecule has 19 heavy (non-hydrogen) atoms. The number of Topliss-reactive ketones (excluding diaryl/α,β-unsaturated/α-hetero) is 1. The minimum Gasteiger partial charge on any atom is -0.496 e. The standard InChI is InChI=1S/C15H21NO3/c1-9-8-16-12(10(2)14(9)18-3)7-13(17)15(19-4)11-5-6-11/h8,11,15H,5-7H2,1-4H3. The topological polar surface area (TPSA) is 48.4 Å². The first-order valence-corrected chi connectivity index (χ1v) is 6.63. The number of aryl methyl sites for hydroxylation is 1. The highest BCUT2D eigenvalue weighted by atomic mass is 16.5. The number of nitrogens with zero attached hydrogens (tertiary/aromatic N) is 1. The Morgan fingerprint density at radius 2 is 2.11 bits per heavy atom. The van der Waals surface area contributed by atoms with Crippen LogP contribution >= 0.6 is 0 Å². The summed E-state index contributed by atoms with van der Waals surface area (Å²) in [5.41, 5.74) is 2.72. The summed E-state index contributed by atoms with van der Waals surface area (Å²) in [4.78, 5) is 16.6. The Kier molecular flexibility index (Phi) is 4.20. The van der Waals surface area contributed by atoms with E-state index < -0.39 is 0 Å². The van der Waals surface area contributed by atoms with Crippen LogP contribution in [-0.4, -0.2) is 31.1 Å². The first kappa shape index (κ1) is 14.0. The maximum atomic E-state index is 12.3. The summed E-state index contributed by atoms with van der Waals surface area (Å²) in [7, 11) is 3.25. The molecule has 0 amide bonds. The highest BCUT2D eigenvalue weighted by Crippen LogP contribution is 2.35. The van der Waals surface area contributed by atoms with Crippen molar-refractivity contribution in [2.24, 2.45) is 5.92 Å². The second-order valence-corrected chi connectivity index (χ2v) is 5.18. The number of rotatable bonds is 6. The van der Waals surface area contributed by atoms with E-state index in [9.17, 15) is 4.79 Å². The van der Waals surface area contributed by atoms with Crippen LogP contribution in [0.15, 0.2) is 6.20 Å². The summed E-state index contributed by atoms with van der Waals surface area (Å²) in [6.07, 6.45) is 3.99. The van der Waals surface area contributed by atoms with Crippen LogP contribution < -0.4 is 4.74 Å². The Morgan fingerprint density at radius 3 is 2.63 bits per heavy atom. The summed E-state index contributed by atoms with van der Waals surface area (Å²) >= 11 is 0. The monoisotopic (exact) mass is 263 g/mol. The molecule has 1 aromatic rings. The van der Waals surface area contributed by atoms with Crippen LogP contribution in [0.25, 0.3) is 0 Å². The Morgan fingerprint density at radius 1 is 1.42 bits per heavy atom. The van der Waals surface area contributed by atoms with E-state index in [2.05, 4.69) is 4.98 Å². The third-order valence-electron chi connectivity index (χ3n) is 3.71. The highest BCUT2D eigenvalue weighted by Gasteiger charge is 2.36. The van der Waals surface area contributed by atoms with Gasteiger partial charge in [-0.05, 0) is 32.6 Å². The van der Waals surface area contributed by atoms with Gasteiger partial charge in [0.2, 0.25) is 0 Å².